The number of hydrogen-bond donors (Lipinski definition) is 2. The Morgan fingerprint density at radius 1 is 1.10 bits per heavy atom. The van der Waals surface area contributed by atoms with Crippen molar-refractivity contribution in [3.63, 3.8) is 0 Å². The van der Waals surface area contributed by atoms with E-state index in [9.17, 15) is 9.90 Å². The summed E-state index contributed by atoms with van der Waals surface area (Å²) < 4.78 is 0. The van der Waals surface area contributed by atoms with Crippen LogP contribution in [0.3, 0.4) is 0 Å². The molecule has 1 amide bonds. The third-order valence-corrected chi connectivity index (χ3v) is 6.16. The summed E-state index contributed by atoms with van der Waals surface area (Å²) in [4.78, 5) is 19.4. The molecule has 1 aromatic heterocycles. The number of aliphatic hydroxyl groups excluding tert-OH is 1. The van der Waals surface area contributed by atoms with Crippen molar-refractivity contribution in [1.29, 1.82) is 0 Å². The second kappa shape index (κ2) is 8.25. The van der Waals surface area contributed by atoms with Crippen molar-refractivity contribution in [3.05, 3.63) is 95.3 Å². The molecular formula is C26H23N3O2. The predicted molar refractivity (Wildman–Crippen MR) is 119 cm³/mol. The van der Waals surface area contributed by atoms with Gasteiger partial charge >= 0.3 is 0 Å². The molecule has 154 valence electrons. The first-order valence-electron chi connectivity index (χ1n) is 10.5. The van der Waals surface area contributed by atoms with Gasteiger partial charge in [0.05, 0.1) is 18.7 Å². The first kappa shape index (κ1) is 19.3. The molecule has 2 aliphatic rings. The first-order chi connectivity index (χ1) is 15.2. The second-order valence-electron chi connectivity index (χ2n) is 7.99. The molecule has 5 nitrogen and oxygen atoms in total. The standard InChI is InChI=1S/C26H23N3O2/c30-17-24-21-12-14-29(26(31)20-6-2-1-3-7-20)25(21)22-15-18(10-11-23(22)28-24)8-9-19-5-4-13-27-16-19/h1-7,10-11,13,15-16,21,24-25,28,30H,12,14,17H2/t21-,24+,25-/m1/s1. The average Bonchev–Trinajstić information content (AvgIpc) is 3.28. The van der Waals surface area contributed by atoms with Crippen LogP contribution in [0.4, 0.5) is 5.69 Å². The number of aromatic nitrogens is 1. The minimum absolute atomic E-state index is 0.0319. The van der Waals surface area contributed by atoms with Gasteiger partial charge in [0.25, 0.3) is 5.91 Å². The summed E-state index contributed by atoms with van der Waals surface area (Å²) in [5.74, 6) is 6.57. The van der Waals surface area contributed by atoms with E-state index in [2.05, 4.69) is 28.2 Å². The van der Waals surface area contributed by atoms with Crippen molar-refractivity contribution in [2.45, 2.75) is 18.5 Å². The van der Waals surface area contributed by atoms with Crippen LogP contribution in [0.25, 0.3) is 0 Å². The lowest BCUT2D eigenvalue weighted by atomic mass is 9.82. The van der Waals surface area contributed by atoms with Gasteiger partial charge in [0.2, 0.25) is 0 Å². The van der Waals surface area contributed by atoms with Gasteiger partial charge in [0.15, 0.2) is 0 Å². The van der Waals surface area contributed by atoms with E-state index < -0.39 is 0 Å². The van der Waals surface area contributed by atoms with E-state index in [4.69, 9.17) is 0 Å². The first-order valence-corrected chi connectivity index (χ1v) is 10.5. The van der Waals surface area contributed by atoms with Gasteiger partial charge in [0, 0.05) is 47.2 Å². The maximum atomic E-state index is 13.3. The van der Waals surface area contributed by atoms with Gasteiger partial charge in [-0.25, -0.2) is 0 Å². The smallest absolute Gasteiger partial charge is 0.254 e. The number of aliphatic hydroxyl groups is 1. The number of fused-ring (bicyclic) bond motifs is 3. The number of pyridine rings is 1. The lowest BCUT2D eigenvalue weighted by Crippen LogP contribution is -2.42. The molecule has 1 saturated heterocycles. The Labute approximate surface area is 181 Å². The molecule has 0 bridgehead atoms. The van der Waals surface area contributed by atoms with Gasteiger partial charge in [-0.1, -0.05) is 30.0 Å². The van der Waals surface area contributed by atoms with E-state index in [-0.39, 0.29) is 30.5 Å². The zero-order chi connectivity index (χ0) is 21.2. The van der Waals surface area contributed by atoms with Gasteiger partial charge in [-0.3, -0.25) is 9.78 Å². The maximum absolute atomic E-state index is 13.3. The highest BCUT2D eigenvalue weighted by Crippen LogP contribution is 2.47. The third-order valence-electron chi connectivity index (χ3n) is 6.16. The number of nitrogens with one attached hydrogen (secondary N) is 1. The van der Waals surface area contributed by atoms with E-state index in [0.717, 1.165) is 28.8 Å². The molecule has 0 radical (unpaired) electrons. The summed E-state index contributed by atoms with van der Waals surface area (Å²) in [5.41, 5.74) is 4.47. The van der Waals surface area contributed by atoms with Gasteiger partial charge in [-0.05, 0) is 54.4 Å². The maximum Gasteiger partial charge on any atom is 0.254 e. The van der Waals surface area contributed by atoms with Gasteiger partial charge in [-0.2, -0.15) is 0 Å². The van der Waals surface area contributed by atoms with E-state index in [1.54, 1.807) is 12.4 Å². The predicted octanol–water partition coefficient (Wildman–Crippen LogP) is 3.47. The molecule has 0 spiro atoms. The van der Waals surface area contributed by atoms with Crippen molar-refractivity contribution >= 4 is 11.6 Å². The number of benzene rings is 2. The summed E-state index contributed by atoms with van der Waals surface area (Å²) in [7, 11) is 0. The van der Waals surface area contributed by atoms with Crippen LogP contribution >= 0.6 is 0 Å². The molecule has 5 heteroatoms. The molecule has 0 aliphatic carbocycles. The van der Waals surface area contributed by atoms with E-state index >= 15 is 0 Å². The Morgan fingerprint density at radius 2 is 1.94 bits per heavy atom. The molecule has 0 unspecified atom stereocenters. The van der Waals surface area contributed by atoms with Crippen LogP contribution in [0.1, 0.15) is 39.5 Å². The number of rotatable bonds is 2. The van der Waals surface area contributed by atoms with Crippen LogP contribution in [-0.2, 0) is 0 Å². The number of hydrogen-bond acceptors (Lipinski definition) is 4. The van der Waals surface area contributed by atoms with Crippen molar-refractivity contribution in [3.8, 4) is 11.8 Å². The van der Waals surface area contributed by atoms with Crippen molar-refractivity contribution < 1.29 is 9.90 Å². The molecule has 1 fully saturated rings. The number of carbonyl (C=O) groups excluding carboxylic acids is 1. The summed E-state index contributed by atoms with van der Waals surface area (Å²) >= 11 is 0. The van der Waals surface area contributed by atoms with Gasteiger partial charge < -0.3 is 15.3 Å². The van der Waals surface area contributed by atoms with Crippen LogP contribution < -0.4 is 5.32 Å². The van der Waals surface area contributed by atoms with Crippen molar-refractivity contribution in [2.75, 3.05) is 18.5 Å². The van der Waals surface area contributed by atoms with Crippen LogP contribution in [0.15, 0.2) is 73.1 Å². The van der Waals surface area contributed by atoms with Crippen LogP contribution in [-0.4, -0.2) is 40.1 Å². The van der Waals surface area contributed by atoms with Crippen molar-refractivity contribution in [2.24, 2.45) is 5.92 Å². The highest BCUT2D eigenvalue weighted by atomic mass is 16.3. The molecule has 3 aromatic rings. The van der Waals surface area contributed by atoms with Crippen LogP contribution in [0.2, 0.25) is 0 Å². The Hall–Kier alpha value is -3.62. The Balaban J connectivity index is 1.52. The molecule has 31 heavy (non-hydrogen) atoms. The number of nitrogens with zero attached hydrogens (tertiary/aromatic N) is 2. The monoisotopic (exact) mass is 409 g/mol. The van der Waals surface area contributed by atoms with E-state index in [1.165, 1.54) is 0 Å². The quantitative estimate of drug-likeness (QED) is 0.636. The lowest BCUT2D eigenvalue weighted by Gasteiger charge is -2.39. The van der Waals surface area contributed by atoms with E-state index in [0.29, 0.717) is 12.1 Å². The summed E-state index contributed by atoms with van der Waals surface area (Å²) in [6, 6.07) is 19.1. The zero-order valence-corrected chi connectivity index (χ0v) is 17.0. The summed E-state index contributed by atoms with van der Waals surface area (Å²) in [5, 5.41) is 13.4. The van der Waals surface area contributed by atoms with Gasteiger partial charge in [0.1, 0.15) is 0 Å². The Kier molecular flexibility index (Phi) is 5.15. The van der Waals surface area contributed by atoms with Crippen LogP contribution in [0.5, 0.6) is 0 Å². The summed E-state index contributed by atoms with van der Waals surface area (Å²) in [6.45, 7) is 0.711. The number of carbonyl (C=O) groups is 1. The molecule has 3 atom stereocenters. The number of likely N-dealkylation sites (tertiary alicyclic amines) is 1. The lowest BCUT2D eigenvalue weighted by molar-refractivity contribution is 0.0701. The Morgan fingerprint density at radius 3 is 2.71 bits per heavy atom. The van der Waals surface area contributed by atoms with Crippen molar-refractivity contribution in [1.82, 2.24) is 9.88 Å². The summed E-state index contributed by atoms with van der Waals surface area (Å²) in [6.07, 6.45) is 4.32. The zero-order valence-electron chi connectivity index (χ0n) is 17.0. The highest BCUT2D eigenvalue weighted by molar-refractivity contribution is 5.95. The SMILES string of the molecule is O=C(c1ccccc1)N1CC[C@@H]2[C@H](CO)Nc3ccc(C#Cc4cccnc4)cc3[C@@H]21. The molecule has 0 saturated carbocycles. The minimum atomic E-state index is -0.0822. The molecule has 2 aromatic carbocycles. The molecule has 5 rings (SSSR count). The fourth-order valence-electron chi connectivity index (χ4n) is 4.70. The molecular weight excluding hydrogens is 386 g/mol. The molecule has 3 heterocycles. The number of anilines is 1. The third kappa shape index (κ3) is 3.67. The normalized spacial score (nSPS) is 21.3. The second-order valence-corrected chi connectivity index (χ2v) is 7.99. The van der Waals surface area contributed by atoms with E-state index in [1.807, 2.05) is 59.5 Å². The Bertz CT molecular complexity index is 1150. The minimum Gasteiger partial charge on any atom is -0.394 e. The fraction of sp³-hybridized carbons (Fsp3) is 0.231. The van der Waals surface area contributed by atoms with Gasteiger partial charge in [-0.15, -0.1) is 0 Å². The molecule has 2 N–H and O–H groups in total. The topological polar surface area (TPSA) is 65.5 Å². The average molecular weight is 409 g/mol. The van der Waals surface area contributed by atoms with Crippen LogP contribution in [0, 0.1) is 17.8 Å². The number of amides is 1. The highest BCUT2D eigenvalue weighted by Gasteiger charge is 2.45. The molecule has 2 aliphatic heterocycles. The fourth-order valence-corrected chi connectivity index (χ4v) is 4.70. The largest absolute Gasteiger partial charge is 0.394 e.